The van der Waals surface area contributed by atoms with Crippen LogP contribution in [0.15, 0.2) is 0 Å². The Labute approximate surface area is 281 Å². The highest BCUT2D eigenvalue weighted by atomic mass is 19.4. The van der Waals surface area contributed by atoms with Gasteiger partial charge >= 0.3 is 12.2 Å². The zero-order chi connectivity index (χ0) is 38.3. The molecule has 0 aliphatic carbocycles. The number of carbonyl (C=O) groups is 6. The van der Waals surface area contributed by atoms with E-state index in [1.807, 2.05) is 20.8 Å². The largest absolute Gasteiger partial charge is 0.389 e. The summed E-state index contributed by atoms with van der Waals surface area (Å²) in [5.74, 6) is -1.24. The highest BCUT2D eigenvalue weighted by Crippen LogP contribution is 2.22. The summed E-state index contributed by atoms with van der Waals surface area (Å²) in [6.07, 6.45) is -3.13. The van der Waals surface area contributed by atoms with Gasteiger partial charge in [-0.15, -0.1) is 0 Å². The minimum Gasteiger partial charge on any atom is -0.363 e. The van der Waals surface area contributed by atoms with Gasteiger partial charge in [-0.1, -0.05) is 75.7 Å². The first-order chi connectivity index (χ1) is 21.6. The van der Waals surface area contributed by atoms with Gasteiger partial charge < -0.3 is 31.5 Å². The minimum absolute atomic E-state index is 0.0354. The molecule has 280 valence electrons. The molecule has 2 unspecified atom stereocenters. The number of hydrogen-bond acceptors (Lipinski definition) is 6. The van der Waals surface area contributed by atoms with Gasteiger partial charge in [0.25, 0.3) is 5.91 Å². The summed E-state index contributed by atoms with van der Waals surface area (Å²) in [5.41, 5.74) is 4.58. The molecule has 12 nitrogen and oxygen atoms in total. The van der Waals surface area contributed by atoms with Gasteiger partial charge in [0.15, 0.2) is 0 Å². The van der Waals surface area contributed by atoms with Crippen molar-refractivity contribution in [3.05, 3.63) is 0 Å². The van der Waals surface area contributed by atoms with Crippen molar-refractivity contribution in [1.82, 2.24) is 25.8 Å². The molecule has 1 saturated heterocycles. The monoisotopic (exact) mass is 686 g/mol. The Hall–Kier alpha value is -3.39. The van der Waals surface area contributed by atoms with E-state index in [4.69, 9.17) is 0 Å². The van der Waals surface area contributed by atoms with Gasteiger partial charge in [-0.2, -0.15) is 13.2 Å². The zero-order valence-electron chi connectivity index (χ0n) is 31.1. The van der Waals surface area contributed by atoms with Crippen LogP contribution in [-0.2, 0) is 24.0 Å². The molecular weight excluding hydrogens is 621 g/mol. The predicted octanol–water partition coefficient (Wildman–Crippen LogP) is 4.65. The Morgan fingerprint density at radius 2 is 1.36 bits per heavy atom. The van der Waals surface area contributed by atoms with E-state index in [0.29, 0.717) is 0 Å². The molecule has 1 aliphatic heterocycles. The molecule has 47 heavy (non-hydrogen) atoms. The lowest BCUT2D eigenvalue weighted by Crippen LogP contribution is -2.46. The van der Waals surface area contributed by atoms with E-state index < -0.39 is 42.8 Å². The number of nitrogens with zero attached hydrogens (tertiary/aromatic N) is 2. The Morgan fingerprint density at radius 3 is 1.68 bits per heavy atom. The maximum atomic E-state index is 11.8. The van der Waals surface area contributed by atoms with Gasteiger partial charge in [0, 0.05) is 33.1 Å². The maximum absolute atomic E-state index is 11.8. The highest BCUT2D eigenvalue weighted by molar-refractivity contribution is 6.37. The normalized spacial score (nSPS) is 13.5. The maximum Gasteiger partial charge on any atom is 0.389 e. The molecule has 5 N–H and O–H groups in total. The molecule has 1 fully saturated rings. The van der Waals surface area contributed by atoms with Gasteiger partial charge in [0.1, 0.15) is 0 Å². The Morgan fingerprint density at radius 1 is 0.936 bits per heavy atom. The topological polar surface area (TPSA) is 171 Å². The molecule has 1 aliphatic rings. The smallest absolute Gasteiger partial charge is 0.363 e. The van der Waals surface area contributed by atoms with Gasteiger partial charge in [0.05, 0.1) is 19.1 Å². The number of Topliss-reactive ketones (excluding diaryl/α,β-unsaturated/α-hetero) is 1. The molecule has 0 aromatic heterocycles. The molecule has 0 bridgehead atoms. The van der Waals surface area contributed by atoms with Gasteiger partial charge in [0.2, 0.25) is 24.0 Å². The molecule has 0 spiro atoms. The van der Waals surface area contributed by atoms with E-state index in [-0.39, 0.29) is 37.4 Å². The lowest BCUT2D eigenvalue weighted by molar-refractivity contribution is -0.144. The van der Waals surface area contributed by atoms with Crippen molar-refractivity contribution >= 4 is 35.9 Å². The lowest BCUT2D eigenvalue weighted by atomic mass is 10.1. The number of primary amides is 1. The van der Waals surface area contributed by atoms with E-state index in [2.05, 4.69) is 71.8 Å². The van der Waals surface area contributed by atoms with E-state index in [1.165, 1.54) is 11.3 Å². The van der Waals surface area contributed by atoms with Crippen molar-refractivity contribution in [3.8, 4) is 0 Å². The van der Waals surface area contributed by atoms with Crippen LogP contribution in [0.5, 0.6) is 0 Å². The number of likely N-dealkylation sites (tertiary alicyclic amines) is 1. The summed E-state index contributed by atoms with van der Waals surface area (Å²) >= 11 is 0. The number of alkyl halides is 3. The summed E-state index contributed by atoms with van der Waals surface area (Å²) in [6, 6.07) is -1.77. The Bertz CT molecular complexity index is 844. The van der Waals surface area contributed by atoms with Gasteiger partial charge in [-0.3, -0.25) is 24.0 Å². The Kier molecular flexibility index (Phi) is 36.8. The molecule has 0 aromatic carbocycles. The highest BCUT2D eigenvalue weighted by Gasteiger charge is 2.31. The third-order valence-corrected chi connectivity index (χ3v) is 4.72. The van der Waals surface area contributed by atoms with Crippen LogP contribution in [0.3, 0.4) is 0 Å². The van der Waals surface area contributed by atoms with Crippen LogP contribution in [0, 0.1) is 11.8 Å². The van der Waals surface area contributed by atoms with Crippen molar-refractivity contribution in [2.45, 2.75) is 127 Å². The van der Waals surface area contributed by atoms with Crippen molar-refractivity contribution in [2.75, 3.05) is 33.7 Å². The van der Waals surface area contributed by atoms with Crippen molar-refractivity contribution in [2.24, 2.45) is 17.6 Å². The average molecular weight is 687 g/mol. The summed E-state index contributed by atoms with van der Waals surface area (Å²) in [5, 5.41) is 6.68. The summed E-state index contributed by atoms with van der Waals surface area (Å²) in [6.45, 7) is 23.9. The molecule has 6 amide bonds. The first-order valence-corrected chi connectivity index (χ1v) is 16.2. The number of ketones is 1. The third-order valence-electron chi connectivity index (χ3n) is 4.72. The number of likely N-dealkylation sites (N-methyl/N-ethyl adjacent to an activating group) is 1. The van der Waals surface area contributed by atoms with Crippen LogP contribution >= 0.6 is 0 Å². The second-order valence-corrected chi connectivity index (χ2v) is 11.8. The van der Waals surface area contributed by atoms with Crippen LogP contribution in [0.2, 0.25) is 0 Å². The fraction of sp³-hybridized carbons (Fsp3) is 0.812. The first-order valence-electron chi connectivity index (χ1n) is 16.2. The van der Waals surface area contributed by atoms with Crippen LogP contribution in [0.1, 0.15) is 108 Å². The average Bonchev–Trinajstić information content (AvgIpc) is 3.38. The molecule has 0 saturated carbocycles. The van der Waals surface area contributed by atoms with Crippen LogP contribution in [0.4, 0.5) is 18.0 Å². The number of urea groups is 1. The molecule has 0 aromatic rings. The molecule has 1 rings (SSSR count). The standard InChI is InChI=1S/C12H22N4O3.C7H9F3N2O3.2C4H10.C3H8.C2H6/c1-9-5-4-6-16(9)11(18)8-14-12(19)13-7-10(17)15(2)3;8-7(9,10)2-1-4(12-3-13)5(14)6(11)15;2*1-4(2)3;1-3-2;1-2/h9H,4-8H2,1-3H3,(H2,13,14,19);3-4H,1-2H2,(H2,11,15)(H,12,13);2*4H,1-3H3;3H2,1-2H3;1-2H3. The number of hydrogen-bond donors (Lipinski definition) is 4. The summed E-state index contributed by atoms with van der Waals surface area (Å²) in [7, 11) is 3.22. The zero-order valence-corrected chi connectivity index (χ0v) is 31.1. The van der Waals surface area contributed by atoms with E-state index in [1.54, 1.807) is 24.3 Å². The summed E-state index contributed by atoms with van der Waals surface area (Å²) < 4.78 is 35.3. The number of nitrogens with two attached hydrogens (primary N) is 1. The second kappa shape index (κ2) is 32.5. The fourth-order valence-electron chi connectivity index (χ4n) is 2.79. The molecule has 2 atom stereocenters. The van der Waals surface area contributed by atoms with E-state index in [9.17, 15) is 41.9 Å². The number of nitrogens with one attached hydrogen (secondary N) is 3. The molecular formula is C32H65F3N6O6. The number of halogens is 3. The van der Waals surface area contributed by atoms with Gasteiger partial charge in [-0.25, -0.2) is 4.79 Å². The summed E-state index contributed by atoms with van der Waals surface area (Å²) in [4.78, 5) is 68.9. The predicted molar refractivity (Wildman–Crippen MR) is 181 cm³/mol. The van der Waals surface area contributed by atoms with Crippen molar-refractivity contribution < 1.29 is 41.9 Å². The van der Waals surface area contributed by atoms with Gasteiger partial charge in [-0.05, 0) is 38.0 Å². The van der Waals surface area contributed by atoms with E-state index >= 15 is 0 Å². The second-order valence-electron chi connectivity index (χ2n) is 11.8. The first kappa shape index (κ1) is 53.1. The molecule has 1 heterocycles. The number of amides is 6. The number of carbonyl (C=O) groups excluding carboxylic acids is 6. The van der Waals surface area contributed by atoms with E-state index in [0.717, 1.165) is 31.2 Å². The molecule has 15 heteroatoms. The van der Waals surface area contributed by atoms with Crippen molar-refractivity contribution in [3.63, 3.8) is 0 Å². The number of rotatable bonds is 10. The minimum atomic E-state index is -4.46. The fourth-order valence-corrected chi connectivity index (χ4v) is 2.79. The quantitative estimate of drug-likeness (QED) is 0.193. The van der Waals surface area contributed by atoms with Crippen LogP contribution < -0.4 is 21.7 Å². The van der Waals surface area contributed by atoms with Crippen molar-refractivity contribution in [1.29, 1.82) is 0 Å². The van der Waals surface area contributed by atoms with Crippen LogP contribution in [0.25, 0.3) is 0 Å². The third kappa shape index (κ3) is 40.6. The SMILES string of the molecule is CC.CC(C)C.CC(C)C.CC1CCCN1C(=O)CNC(=O)NCC(=O)N(C)C.CCC.NC(=O)C(=O)C(CCC(F)(F)F)NC=O. The lowest BCUT2D eigenvalue weighted by Gasteiger charge is -2.21. The molecule has 0 radical (unpaired) electrons. The Balaban J connectivity index is -0.000000185. The van der Waals surface area contributed by atoms with Crippen LogP contribution in [-0.4, -0.2) is 97.7 Å².